The van der Waals surface area contributed by atoms with Crippen LogP contribution in [0.5, 0.6) is 5.75 Å². The van der Waals surface area contributed by atoms with Gasteiger partial charge in [-0.25, -0.2) is 22.0 Å². The van der Waals surface area contributed by atoms with Crippen LogP contribution >= 0.6 is 22.9 Å². The van der Waals surface area contributed by atoms with E-state index in [9.17, 15) is 27.9 Å². The van der Waals surface area contributed by atoms with E-state index in [4.69, 9.17) is 26.8 Å². The second-order valence-corrected chi connectivity index (χ2v) is 13.4. The van der Waals surface area contributed by atoms with Gasteiger partial charge in [-0.3, -0.25) is 9.89 Å². The molecule has 0 saturated carbocycles. The number of nitrogen functional groups attached to an aromatic ring is 1. The van der Waals surface area contributed by atoms with Gasteiger partial charge in [-0.05, 0) is 37.9 Å². The Morgan fingerprint density at radius 1 is 1.34 bits per heavy atom. The summed E-state index contributed by atoms with van der Waals surface area (Å²) >= 11 is 7.70. The standard InChI is InChI=1S/C31H28ClF5N6O3S/c1-14(44)43-13-40-26-23-27(25(37)22(24(26)32)16-3-4-18(34)28-21(16)17(8-38)29(39)47-28)46-20(11-41(30(23)43)10-19(35)36)45-12-31-5-2-6-42(31)9-15(33)7-31/h3-4,11,14-15,19,44H,2,5-7,9-10,12-13,39H2,1H3/t14?,15-,31+/m1/s1. The summed E-state index contributed by atoms with van der Waals surface area (Å²) in [5.41, 5.74) is 5.06. The van der Waals surface area contributed by atoms with Crippen LogP contribution in [0.2, 0.25) is 5.02 Å². The molecule has 0 amide bonds. The van der Waals surface area contributed by atoms with Crippen molar-refractivity contribution in [1.29, 1.82) is 5.26 Å². The van der Waals surface area contributed by atoms with Crippen molar-refractivity contribution in [3.05, 3.63) is 57.1 Å². The summed E-state index contributed by atoms with van der Waals surface area (Å²) < 4.78 is 86.8. The quantitative estimate of drug-likeness (QED) is 0.346. The molecule has 4 aliphatic heterocycles. The maximum absolute atomic E-state index is 17.1. The van der Waals surface area contributed by atoms with Gasteiger partial charge >= 0.3 is 5.95 Å². The van der Waals surface area contributed by atoms with E-state index in [0.717, 1.165) is 34.9 Å². The zero-order valence-electron chi connectivity index (χ0n) is 24.9. The second-order valence-electron chi connectivity index (χ2n) is 12.0. The van der Waals surface area contributed by atoms with E-state index in [1.165, 1.54) is 17.9 Å². The number of nitrogens with two attached hydrogens (primary N) is 1. The van der Waals surface area contributed by atoms with E-state index < -0.39 is 48.3 Å². The Kier molecular flexibility index (Phi) is 7.90. The molecule has 0 spiro atoms. The van der Waals surface area contributed by atoms with E-state index >= 15 is 4.39 Å². The van der Waals surface area contributed by atoms with Crippen molar-refractivity contribution in [2.45, 2.75) is 50.6 Å². The van der Waals surface area contributed by atoms with Crippen molar-refractivity contribution in [3.8, 4) is 22.9 Å². The van der Waals surface area contributed by atoms with Crippen molar-refractivity contribution in [1.82, 2.24) is 14.7 Å². The second kappa shape index (κ2) is 11.7. The average molecular weight is 695 g/mol. The van der Waals surface area contributed by atoms with Crippen molar-refractivity contribution in [2.75, 3.05) is 38.6 Å². The number of thiophene rings is 1. The van der Waals surface area contributed by atoms with E-state index in [2.05, 4.69) is 4.99 Å². The van der Waals surface area contributed by atoms with Gasteiger partial charge in [-0.15, -0.1) is 11.3 Å². The maximum Gasteiger partial charge on any atom is 0.302 e. The van der Waals surface area contributed by atoms with E-state index in [1.54, 1.807) is 0 Å². The van der Waals surface area contributed by atoms with Crippen LogP contribution in [0.15, 0.2) is 29.3 Å². The Morgan fingerprint density at radius 3 is 2.85 bits per heavy atom. The first-order chi connectivity index (χ1) is 22.4. The van der Waals surface area contributed by atoms with Crippen molar-refractivity contribution in [3.63, 3.8) is 0 Å². The van der Waals surface area contributed by atoms with Crippen molar-refractivity contribution >= 4 is 43.8 Å². The molecule has 2 saturated heterocycles. The third kappa shape index (κ3) is 5.04. The predicted octanol–water partition coefficient (Wildman–Crippen LogP) is 4.60. The van der Waals surface area contributed by atoms with Gasteiger partial charge in [0.05, 0.1) is 44.1 Å². The van der Waals surface area contributed by atoms with Crippen LogP contribution in [0.3, 0.4) is 0 Å². The molecule has 0 bridgehead atoms. The number of alkyl halides is 3. The van der Waals surface area contributed by atoms with E-state index in [1.807, 2.05) is 11.0 Å². The van der Waals surface area contributed by atoms with Crippen LogP contribution in [-0.4, -0.2) is 77.1 Å². The summed E-state index contributed by atoms with van der Waals surface area (Å²) in [6, 6.07) is 4.31. The fourth-order valence-corrected chi connectivity index (χ4v) is 8.43. The highest BCUT2D eigenvalue weighted by atomic mass is 35.5. The number of nitriles is 1. The number of aliphatic hydroxyl groups excluding tert-OH is 1. The molecule has 4 aliphatic rings. The Labute approximate surface area is 274 Å². The molecule has 2 fully saturated rings. The van der Waals surface area contributed by atoms with Crippen LogP contribution in [0.1, 0.15) is 31.7 Å². The fraction of sp³-hybridized carbons (Fsp3) is 0.419. The lowest BCUT2D eigenvalue weighted by molar-refractivity contribution is 0.0228. The first kappa shape index (κ1) is 31.7. The molecule has 16 heteroatoms. The van der Waals surface area contributed by atoms with Crippen LogP contribution in [0.25, 0.3) is 27.0 Å². The third-order valence-corrected chi connectivity index (χ3v) is 10.5. The highest BCUT2D eigenvalue weighted by molar-refractivity contribution is 7.23. The zero-order chi connectivity index (χ0) is 33.4. The highest BCUT2D eigenvalue weighted by Gasteiger charge is 2.49. The third-order valence-electron chi connectivity index (χ3n) is 9.15. The molecule has 0 radical (unpaired) electrons. The summed E-state index contributed by atoms with van der Waals surface area (Å²) in [7, 11) is 0. The molecule has 3 N–H and O–H groups in total. The predicted molar refractivity (Wildman–Crippen MR) is 164 cm³/mol. The fourth-order valence-electron chi connectivity index (χ4n) is 7.14. The summed E-state index contributed by atoms with van der Waals surface area (Å²) in [4.78, 5) is 8.84. The molecule has 1 aromatic heterocycles. The van der Waals surface area contributed by atoms with Gasteiger partial charge in [0.1, 0.15) is 48.4 Å². The minimum absolute atomic E-state index is 0.0103. The minimum Gasteiger partial charge on any atom is -0.462 e. The van der Waals surface area contributed by atoms with E-state index in [-0.39, 0.29) is 85.4 Å². The first-order valence-electron chi connectivity index (χ1n) is 14.9. The lowest BCUT2D eigenvalue weighted by atomic mass is 9.95. The molecular formula is C31H28ClF5N6O3S. The number of aliphatic hydroxyl groups is 1. The molecule has 1 unspecified atom stereocenters. The maximum atomic E-state index is 17.1. The summed E-state index contributed by atoms with van der Waals surface area (Å²) in [5.74, 6) is -2.66. The molecule has 3 aromatic rings. The lowest BCUT2D eigenvalue weighted by Gasteiger charge is -2.36. The number of hydrogen-bond donors (Lipinski definition) is 2. The lowest BCUT2D eigenvalue weighted by Crippen LogP contribution is -2.50. The number of hydrogen-bond acceptors (Lipinski definition) is 10. The Hall–Kier alpha value is -3.84. The molecule has 0 aliphatic carbocycles. The Morgan fingerprint density at radius 2 is 2.13 bits per heavy atom. The van der Waals surface area contributed by atoms with Crippen LogP contribution in [-0.2, 0) is 4.74 Å². The topological polar surface area (TPSA) is 111 Å². The van der Waals surface area contributed by atoms with E-state index in [0.29, 0.717) is 13.0 Å². The molecule has 3 atom stereocenters. The van der Waals surface area contributed by atoms with Crippen LogP contribution in [0.4, 0.5) is 27.0 Å². The van der Waals surface area contributed by atoms with Gasteiger partial charge in [-0.1, -0.05) is 17.7 Å². The number of rotatable bonds is 7. The summed E-state index contributed by atoms with van der Waals surface area (Å²) in [6.07, 6.45) is -2.37. The normalized spacial score (nSPS) is 22.9. The molecule has 2 aromatic carbocycles. The molecule has 5 heterocycles. The smallest absolute Gasteiger partial charge is 0.302 e. The van der Waals surface area contributed by atoms with Gasteiger partial charge in [0, 0.05) is 23.9 Å². The van der Waals surface area contributed by atoms with Gasteiger partial charge in [-0.2, -0.15) is 5.26 Å². The van der Waals surface area contributed by atoms with Crippen molar-refractivity contribution < 1.29 is 36.5 Å². The minimum atomic E-state index is -2.88. The van der Waals surface area contributed by atoms with Crippen LogP contribution in [0, 0.1) is 23.0 Å². The Bertz CT molecular complexity index is 2000. The number of ether oxygens (including phenoxy) is 2. The summed E-state index contributed by atoms with van der Waals surface area (Å²) in [6.45, 7) is 1.12. The molecule has 248 valence electrons. The van der Waals surface area contributed by atoms with Crippen LogP contribution < -0.4 is 21.0 Å². The highest BCUT2D eigenvalue weighted by Crippen LogP contribution is 2.45. The Balaban J connectivity index is 1.46. The monoisotopic (exact) mass is 694 g/mol. The SMILES string of the molecule is CC(O)N1CN=c2c(Cl)c(-c3ccc(F)c4sc(N)c(C#N)c34)c(F)c3c2=C1N(CC(F)F)C=C(OC[C@@]12CCCN1C[C@H](F)C2)O3. The van der Waals surface area contributed by atoms with Gasteiger partial charge in [0.25, 0.3) is 6.43 Å². The summed E-state index contributed by atoms with van der Waals surface area (Å²) in [5, 5.41) is 20.2. The number of halogens is 6. The molecular weight excluding hydrogens is 667 g/mol. The number of benzene rings is 2. The zero-order valence-corrected chi connectivity index (χ0v) is 26.4. The largest absolute Gasteiger partial charge is 0.462 e. The number of nitrogens with zero attached hydrogens (tertiary/aromatic N) is 5. The van der Waals surface area contributed by atoms with Gasteiger partial charge in [0.2, 0.25) is 0 Å². The van der Waals surface area contributed by atoms with Gasteiger partial charge in [0.15, 0.2) is 11.6 Å². The first-order valence-corrected chi connectivity index (χ1v) is 16.0. The molecule has 47 heavy (non-hydrogen) atoms. The molecule has 9 nitrogen and oxygen atoms in total. The number of anilines is 1. The van der Waals surface area contributed by atoms with Gasteiger partial charge < -0.3 is 30.1 Å². The average Bonchev–Trinajstić information content (AvgIpc) is 3.63. The van der Waals surface area contributed by atoms with Crippen molar-refractivity contribution in [2.24, 2.45) is 4.99 Å². The molecule has 7 rings (SSSR count). The number of fused-ring (bicyclic) bond motifs is 2.